The number of rotatable bonds is 8. The number of ether oxygens (including phenoxy) is 3. The molecule has 0 bridgehead atoms. The zero-order chi connectivity index (χ0) is 32.2. The van der Waals surface area contributed by atoms with Gasteiger partial charge in [-0.1, -0.05) is 59.6 Å². The summed E-state index contributed by atoms with van der Waals surface area (Å²) in [5.74, 6) is -0.167. The van der Waals surface area contributed by atoms with Gasteiger partial charge in [0.2, 0.25) is 5.91 Å². The SMILES string of the molecule is CN(C(=O)CN1C(=O)COc2cc(Cl)c(Cl)cc21)C(CN1CCOCC1)c1ccc(-c2cccc(C(=O)N3CCOCC3)c2)cc1. The molecule has 46 heavy (non-hydrogen) atoms. The molecule has 0 aliphatic carbocycles. The lowest BCUT2D eigenvalue weighted by Crippen LogP contribution is -2.48. The van der Waals surface area contributed by atoms with E-state index in [1.165, 1.54) is 4.90 Å². The van der Waals surface area contributed by atoms with Crippen molar-refractivity contribution in [3.05, 3.63) is 81.8 Å². The van der Waals surface area contributed by atoms with Gasteiger partial charge in [0.15, 0.2) is 6.61 Å². The lowest BCUT2D eigenvalue weighted by molar-refractivity contribution is -0.133. The van der Waals surface area contributed by atoms with E-state index < -0.39 is 0 Å². The molecule has 0 saturated carbocycles. The molecule has 3 heterocycles. The van der Waals surface area contributed by atoms with E-state index in [-0.39, 0.29) is 41.9 Å². The minimum atomic E-state index is -0.337. The molecule has 12 heteroatoms. The first-order chi connectivity index (χ1) is 22.3. The fourth-order valence-corrected chi connectivity index (χ4v) is 6.26. The molecule has 0 aromatic heterocycles. The number of benzene rings is 3. The minimum absolute atomic E-state index is 0.000718. The van der Waals surface area contributed by atoms with Crippen LogP contribution in [-0.2, 0) is 19.1 Å². The first kappa shape index (κ1) is 32.3. The second kappa shape index (κ2) is 14.4. The van der Waals surface area contributed by atoms with Crippen molar-refractivity contribution >= 4 is 46.6 Å². The Balaban J connectivity index is 1.23. The van der Waals surface area contributed by atoms with Crippen molar-refractivity contribution in [2.24, 2.45) is 0 Å². The molecule has 3 amide bonds. The smallest absolute Gasteiger partial charge is 0.265 e. The van der Waals surface area contributed by atoms with Crippen LogP contribution in [0.4, 0.5) is 5.69 Å². The van der Waals surface area contributed by atoms with E-state index in [2.05, 4.69) is 4.90 Å². The zero-order valence-electron chi connectivity index (χ0n) is 25.6. The van der Waals surface area contributed by atoms with Gasteiger partial charge in [0.1, 0.15) is 12.3 Å². The van der Waals surface area contributed by atoms with E-state index in [9.17, 15) is 14.4 Å². The molecule has 0 radical (unpaired) electrons. The van der Waals surface area contributed by atoms with Gasteiger partial charge >= 0.3 is 0 Å². The minimum Gasteiger partial charge on any atom is -0.482 e. The van der Waals surface area contributed by atoms with E-state index in [1.807, 2.05) is 53.4 Å². The first-order valence-electron chi connectivity index (χ1n) is 15.3. The van der Waals surface area contributed by atoms with Gasteiger partial charge in [0, 0.05) is 51.4 Å². The van der Waals surface area contributed by atoms with Crippen LogP contribution in [0, 0.1) is 0 Å². The van der Waals surface area contributed by atoms with Crippen molar-refractivity contribution in [2.75, 3.05) is 84.3 Å². The number of nitrogens with zero attached hydrogens (tertiary/aromatic N) is 4. The number of anilines is 1. The third-order valence-corrected chi connectivity index (χ3v) is 9.39. The highest BCUT2D eigenvalue weighted by atomic mass is 35.5. The van der Waals surface area contributed by atoms with Crippen molar-refractivity contribution in [1.82, 2.24) is 14.7 Å². The topological polar surface area (TPSA) is 91.9 Å². The molecule has 1 atom stereocenters. The lowest BCUT2D eigenvalue weighted by atomic mass is 9.98. The zero-order valence-corrected chi connectivity index (χ0v) is 27.1. The van der Waals surface area contributed by atoms with Crippen LogP contribution < -0.4 is 9.64 Å². The Morgan fingerprint density at radius 3 is 2.26 bits per heavy atom. The second-order valence-electron chi connectivity index (χ2n) is 11.5. The van der Waals surface area contributed by atoms with E-state index >= 15 is 0 Å². The van der Waals surface area contributed by atoms with Crippen molar-refractivity contribution < 1.29 is 28.6 Å². The molecule has 3 aromatic rings. The average Bonchev–Trinajstić information content (AvgIpc) is 3.09. The van der Waals surface area contributed by atoms with Crippen LogP contribution in [0.3, 0.4) is 0 Å². The molecule has 0 N–H and O–H groups in total. The maximum Gasteiger partial charge on any atom is 0.265 e. The third kappa shape index (κ3) is 7.16. The summed E-state index contributed by atoms with van der Waals surface area (Å²) in [5, 5.41) is 0.577. The van der Waals surface area contributed by atoms with E-state index in [0.29, 0.717) is 68.1 Å². The molecule has 6 rings (SSSR count). The highest BCUT2D eigenvalue weighted by Crippen LogP contribution is 2.39. The van der Waals surface area contributed by atoms with Crippen LogP contribution >= 0.6 is 23.2 Å². The van der Waals surface area contributed by atoms with Crippen LogP contribution in [0.5, 0.6) is 5.75 Å². The average molecular weight is 668 g/mol. The van der Waals surface area contributed by atoms with Crippen LogP contribution in [0.25, 0.3) is 11.1 Å². The van der Waals surface area contributed by atoms with Gasteiger partial charge in [0.05, 0.1) is 48.2 Å². The number of morpholine rings is 2. The predicted octanol–water partition coefficient (Wildman–Crippen LogP) is 4.39. The van der Waals surface area contributed by atoms with Crippen molar-refractivity contribution in [3.63, 3.8) is 0 Å². The molecule has 1 unspecified atom stereocenters. The molecule has 2 fully saturated rings. The fourth-order valence-electron chi connectivity index (χ4n) is 5.95. The number of amides is 3. The molecule has 3 aromatic carbocycles. The molecular weight excluding hydrogens is 631 g/mol. The largest absolute Gasteiger partial charge is 0.482 e. The fraction of sp³-hybridized carbons (Fsp3) is 0.382. The Morgan fingerprint density at radius 1 is 0.870 bits per heavy atom. The second-order valence-corrected chi connectivity index (χ2v) is 12.4. The molecule has 3 aliphatic rings. The standard InChI is InChI=1S/C34H36Cl2N4O6/c1-37(32(41)21-40-29-18-27(35)28(36)19-31(29)46-22-33(40)42)30(20-38-9-13-44-14-10-38)24-7-5-23(6-8-24)25-3-2-4-26(17-25)34(43)39-11-15-45-16-12-39/h2-8,17-19,30H,9-16,20-22H2,1H3. The van der Waals surface area contributed by atoms with Gasteiger partial charge in [-0.15, -0.1) is 0 Å². The lowest BCUT2D eigenvalue weighted by Gasteiger charge is -2.37. The molecular formula is C34H36Cl2N4O6. The quantitative estimate of drug-likeness (QED) is 0.352. The summed E-state index contributed by atoms with van der Waals surface area (Å²) in [7, 11) is 1.77. The molecule has 10 nitrogen and oxygen atoms in total. The number of fused-ring (bicyclic) bond motifs is 1. The molecule has 0 spiro atoms. The van der Waals surface area contributed by atoms with E-state index in [0.717, 1.165) is 29.8 Å². The Morgan fingerprint density at radius 2 is 1.54 bits per heavy atom. The monoisotopic (exact) mass is 666 g/mol. The molecule has 2 saturated heterocycles. The number of hydrogen-bond acceptors (Lipinski definition) is 7. The van der Waals surface area contributed by atoms with Crippen LogP contribution in [-0.4, -0.2) is 112 Å². The normalized spacial score (nSPS) is 17.7. The Kier molecular flexibility index (Phi) is 10.1. The van der Waals surface area contributed by atoms with Crippen LogP contribution in [0.2, 0.25) is 10.0 Å². The molecule has 3 aliphatic heterocycles. The first-order valence-corrected chi connectivity index (χ1v) is 16.1. The van der Waals surface area contributed by atoms with Gasteiger partial charge in [-0.25, -0.2) is 0 Å². The molecule has 242 valence electrons. The number of hydrogen-bond donors (Lipinski definition) is 0. The summed E-state index contributed by atoms with van der Waals surface area (Å²) in [6, 6.07) is 18.6. The Hall–Kier alpha value is -3.67. The highest BCUT2D eigenvalue weighted by Gasteiger charge is 2.32. The maximum absolute atomic E-state index is 13.8. The summed E-state index contributed by atoms with van der Waals surface area (Å²) in [6.07, 6.45) is 0. The predicted molar refractivity (Wildman–Crippen MR) is 176 cm³/mol. The van der Waals surface area contributed by atoms with Gasteiger partial charge in [-0.05, 0) is 34.9 Å². The highest BCUT2D eigenvalue weighted by molar-refractivity contribution is 6.42. The Labute approximate surface area is 278 Å². The third-order valence-electron chi connectivity index (χ3n) is 8.67. The Bertz CT molecular complexity index is 1590. The van der Waals surface area contributed by atoms with Gasteiger partial charge in [0.25, 0.3) is 11.8 Å². The summed E-state index contributed by atoms with van der Waals surface area (Å²) in [6.45, 7) is 5.28. The van der Waals surface area contributed by atoms with Crippen molar-refractivity contribution in [2.45, 2.75) is 6.04 Å². The van der Waals surface area contributed by atoms with Gasteiger partial charge in [-0.3, -0.25) is 24.2 Å². The van der Waals surface area contributed by atoms with Gasteiger partial charge in [-0.2, -0.15) is 0 Å². The van der Waals surface area contributed by atoms with E-state index in [4.69, 9.17) is 37.4 Å². The van der Waals surface area contributed by atoms with Gasteiger partial charge < -0.3 is 24.0 Å². The summed E-state index contributed by atoms with van der Waals surface area (Å²) in [4.78, 5) is 47.0. The maximum atomic E-state index is 13.8. The number of carbonyl (C=O) groups excluding carboxylic acids is 3. The van der Waals surface area contributed by atoms with Crippen molar-refractivity contribution in [1.29, 1.82) is 0 Å². The number of carbonyl (C=O) groups is 3. The van der Waals surface area contributed by atoms with Crippen LogP contribution in [0.15, 0.2) is 60.7 Å². The number of halogens is 2. The summed E-state index contributed by atoms with van der Waals surface area (Å²) in [5.41, 5.74) is 3.90. The summed E-state index contributed by atoms with van der Waals surface area (Å²) >= 11 is 12.4. The number of likely N-dealkylation sites (N-methyl/N-ethyl adjacent to an activating group) is 1. The summed E-state index contributed by atoms with van der Waals surface area (Å²) < 4.78 is 16.5. The van der Waals surface area contributed by atoms with E-state index in [1.54, 1.807) is 24.1 Å². The van der Waals surface area contributed by atoms with Crippen LogP contribution in [0.1, 0.15) is 22.0 Å². The van der Waals surface area contributed by atoms with Crippen molar-refractivity contribution in [3.8, 4) is 16.9 Å².